The number of rotatable bonds is 6. The van der Waals surface area contributed by atoms with Crippen LogP contribution in [0.1, 0.15) is 43.0 Å². The van der Waals surface area contributed by atoms with Gasteiger partial charge in [-0.05, 0) is 43.7 Å². The Hall–Kier alpha value is -1.13. The first kappa shape index (κ1) is 14.3. The fourth-order valence-electron chi connectivity index (χ4n) is 2.81. The quantitative estimate of drug-likeness (QED) is 0.819. The molecule has 0 atom stereocenters. The average molecular weight is 263 g/mol. The Morgan fingerprint density at radius 1 is 1.32 bits per heavy atom. The number of aliphatic hydroxyl groups excluding tert-OH is 1. The molecule has 0 saturated carbocycles. The number of aliphatic hydroxyl groups is 1. The highest BCUT2D eigenvalue weighted by Crippen LogP contribution is 2.26. The third-order valence-corrected chi connectivity index (χ3v) is 3.74. The fourth-order valence-corrected chi connectivity index (χ4v) is 2.81. The van der Waals surface area contributed by atoms with Gasteiger partial charge in [-0.25, -0.2) is 4.98 Å². The summed E-state index contributed by atoms with van der Waals surface area (Å²) in [5, 5.41) is 9.23. The zero-order valence-corrected chi connectivity index (χ0v) is 11.9. The molecule has 0 aromatic carbocycles. The first-order chi connectivity index (χ1) is 9.30. The van der Waals surface area contributed by atoms with Gasteiger partial charge < -0.3 is 15.7 Å². The van der Waals surface area contributed by atoms with Crippen LogP contribution in [0.3, 0.4) is 0 Å². The molecule has 0 aliphatic heterocycles. The highest BCUT2D eigenvalue weighted by Gasteiger charge is 2.17. The SMILES string of the molecule is CCCN(CCO)c1nc2c(cc1CN)CCCC2. The van der Waals surface area contributed by atoms with E-state index < -0.39 is 0 Å². The predicted octanol–water partition coefficient (Wildman–Crippen LogP) is 1.63. The monoisotopic (exact) mass is 263 g/mol. The van der Waals surface area contributed by atoms with Gasteiger partial charge in [-0.1, -0.05) is 6.92 Å². The highest BCUT2D eigenvalue weighted by atomic mass is 16.3. The van der Waals surface area contributed by atoms with E-state index in [1.54, 1.807) is 0 Å². The summed E-state index contributed by atoms with van der Waals surface area (Å²) >= 11 is 0. The van der Waals surface area contributed by atoms with E-state index >= 15 is 0 Å². The summed E-state index contributed by atoms with van der Waals surface area (Å²) in [6.07, 6.45) is 5.74. The predicted molar refractivity (Wildman–Crippen MR) is 78.4 cm³/mol. The molecule has 0 amide bonds. The van der Waals surface area contributed by atoms with E-state index in [0.717, 1.165) is 37.2 Å². The van der Waals surface area contributed by atoms with Crippen LogP contribution in [-0.2, 0) is 19.4 Å². The lowest BCUT2D eigenvalue weighted by Crippen LogP contribution is -2.30. The molecule has 0 saturated heterocycles. The van der Waals surface area contributed by atoms with Crippen LogP contribution in [0.15, 0.2) is 6.07 Å². The summed E-state index contributed by atoms with van der Waals surface area (Å²) in [6.45, 7) is 4.36. The van der Waals surface area contributed by atoms with Crippen molar-refractivity contribution in [1.29, 1.82) is 0 Å². The van der Waals surface area contributed by atoms with Crippen molar-refractivity contribution in [3.8, 4) is 0 Å². The van der Waals surface area contributed by atoms with E-state index in [1.807, 2.05) is 0 Å². The highest BCUT2D eigenvalue weighted by molar-refractivity contribution is 5.50. The minimum Gasteiger partial charge on any atom is -0.395 e. The third kappa shape index (κ3) is 3.25. The zero-order valence-electron chi connectivity index (χ0n) is 11.9. The molecule has 1 aromatic heterocycles. The average Bonchev–Trinajstić information content (AvgIpc) is 2.45. The molecule has 4 heteroatoms. The molecule has 19 heavy (non-hydrogen) atoms. The standard InChI is InChI=1S/C15H25N3O/c1-2-7-18(8-9-19)15-13(11-16)10-12-5-3-4-6-14(12)17-15/h10,19H,2-9,11,16H2,1H3. The largest absolute Gasteiger partial charge is 0.395 e. The smallest absolute Gasteiger partial charge is 0.133 e. The van der Waals surface area contributed by atoms with Gasteiger partial charge in [0.15, 0.2) is 0 Å². The fraction of sp³-hybridized carbons (Fsp3) is 0.667. The van der Waals surface area contributed by atoms with E-state index in [0.29, 0.717) is 13.1 Å². The van der Waals surface area contributed by atoms with Crippen LogP contribution in [-0.4, -0.2) is 29.8 Å². The van der Waals surface area contributed by atoms with E-state index in [2.05, 4.69) is 17.9 Å². The zero-order chi connectivity index (χ0) is 13.7. The molecule has 0 radical (unpaired) electrons. The summed E-state index contributed by atoms with van der Waals surface area (Å²) in [5.41, 5.74) is 9.60. The van der Waals surface area contributed by atoms with Crippen molar-refractivity contribution in [1.82, 2.24) is 4.98 Å². The van der Waals surface area contributed by atoms with Crippen molar-refractivity contribution in [2.24, 2.45) is 5.73 Å². The summed E-state index contributed by atoms with van der Waals surface area (Å²) in [6, 6.07) is 2.23. The van der Waals surface area contributed by atoms with Gasteiger partial charge in [-0.15, -0.1) is 0 Å². The first-order valence-corrected chi connectivity index (χ1v) is 7.37. The molecule has 1 aromatic rings. The maximum absolute atomic E-state index is 9.23. The van der Waals surface area contributed by atoms with Gasteiger partial charge >= 0.3 is 0 Å². The summed E-state index contributed by atoms with van der Waals surface area (Å²) in [4.78, 5) is 7.02. The number of aryl methyl sites for hydroxylation is 2. The van der Waals surface area contributed by atoms with Crippen LogP contribution in [0.5, 0.6) is 0 Å². The summed E-state index contributed by atoms with van der Waals surface area (Å²) in [7, 11) is 0. The van der Waals surface area contributed by atoms with Crippen molar-refractivity contribution in [3.05, 3.63) is 22.9 Å². The molecule has 0 unspecified atom stereocenters. The molecule has 1 aliphatic carbocycles. The second-order valence-corrected chi connectivity index (χ2v) is 5.20. The van der Waals surface area contributed by atoms with Crippen molar-refractivity contribution in [2.75, 3.05) is 24.6 Å². The van der Waals surface area contributed by atoms with Crippen LogP contribution in [0.25, 0.3) is 0 Å². The minimum absolute atomic E-state index is 0.156. The molecule has 2 rings (SSSR count). The van der Waals surface area contributed by atoms with Gasteiger partial charge in [-0.3, -0.25) is 0 Å². The van der Waals surface area contributed by atoms with Gasteiger partial charge in [0.1, 0.15) is 5.82 Å². The van der Waals surface area contributed by atoms with Crippen molar-refractivity contribution in [2.45, 2.75) is 45.6 Å². The number of pyridine rings is 1. The minimum atomic E-state index is 0.156. The Bertz CT molecular complexity index is 414. The Morgan fingerprint density at radius 2 is 2.11 bits per heavy atom. The van der Waals surface area contributed by atoms with Crippen molar-refractivity contribution in [3.63, 3.8) is 0 Å². The first-order valence-electron chi connectivity index (χ1n) is 7.37. The maximum atomic E-state index is 9.23. The number of nitrogens with two attached hydrogens (primary N) is 1. The van der Waals surface area contributed by atoms with Crippen molar-refractivity contribution >= 4 is 5.82 Å². The maximum Gasteiger partial charge on any atom is 0.133 e. The number of hydrogen-bond acceptors (Lipinski definition) is 4. The topological polar surface area (TPSA) is 62.4 Å². The van der Waals surface area contributed by atoms with Crippen molar-refractivity contribution < 1.29 is 5.11 Å². The lowest BCUT2D eigenvalue weighted by molar-refractivity contribution is 0.301. The molecular weight excluding hydrogens is 238 g/mol. The third-order valence-electron chi connectivity index (χ3n) is 3.74. The molecule has 0 spiro atoms. The van der Waals surface area contributed by atoms with E-state index in [9.17, 15) is 5.11 Å². The lowest BCUT2D eigenvalue weighted by atomic mass is 9.94. The van der Waals surface area contributed by atoms with Gasteiger partial charge in [0, 0.05) is 30.9 Å². The molecular formula is C15H25N3O. The Labute approximate surface area is 115 Å². The van der Waals surface area contributed by atoms with E-state index in [1.165, 1.54) is 24.1 Å². The molecule has 0 bridgehead atoms. The molecule has 4 nitrogen and oxygen atoms in total. The molecule has 0 fully saturated rings. The number of hydrogen-bond donors (Lipinski definition) is 2. The Morgan fingerprint density at radius 3 is 2.79 bits per heavy atom. The number of aromatic nitrogens is 1. The number of fused-ring (bicyclic) bond motifs is 1. The summed E-state index contributed by atoms with van der Waals surface area (Å²) < 4.78 is 0. The van der Waals surface area contributed by atoms with Gasteiger partial charge in [0.25, 0.3) is 0 Å². The van der Waals surface area contributed by atoms with Gasteiger partial charge in [0.2, 0.25) is 0 Å². The van der Waals surface area contributed by atoms with Crippen LogP contribution in [0, 0.1) is 0 Å². The second kappa shape index (κ2) is 6.87. The lowest BCUT2D eigenvalue weighted by Gasteiger charge is -2.27. The van der Waals surface area contributed by atoms with E-state index in [-0.39, 0.29) is 6.61 Å². The van der Waals surface area contributed by atoms with Crippen LogP contribution >= 0.6 is 0 Å². The number of anilines is 1. The molecule has 1 heterocycles. The van der Waals surface area contributed by atoms with E-state index in [4.69, 9.17) is 10.7 Å². The normalized spacial score (nSPS) is 14.3. The Balaban J connectivity index is 2.35. The van der Waals surface area contributed by atoms with Crippen LogP contribution in [0.2, 0.25) is 0 Å². The van der Waals surface area contributed by atoms with Crippen LogP contribution < -0.4 is 10.6 Å². The van der Waals surface area contributed by atoms with Gasteiger partial charge in [-0.2, -0.15) is 0 Å². The summed E-state index contributed by atoms with van der Waals surface area (Å²) in [5.74, 6) is 0.985. The van der Waals surface area contributed by atoms with Crippen LogP contribution in [0.4, 0.5) is 5.82 Å². The van der Waals surface area contributed by atoms with Gasteiger partial charge in [0.05, 0.1) is 6.61 Å². The number of nitrogens with zero attached hydrogens (tertiary/aromatic N) is 2. The molecule has 3 N–H and O–H groups in total. The molecule has 1 aliphatic rings. The molecule has 106 valence electrons. The Kier molecular flexibility index (Phi) is 5.16. The second-order valence-electron chi connectivity index (χ2n) is 5.20.